The molecule has 0 atom stereocenters. The molecular formula is C26H24F2N8O3. The van der Waals surface area contributed by atoms with Gasteiger partial charge in [0, 0.05) is 61.8 Å². The summed E-state index contributed by atoms with van der Waals surface area (Å²) in [6, 6.07) is 11.3. The fourth-order valence-electron chi connectivity index (χ4n) is 4.38. The summed E-state index contributed by atoms with van der Waals surface area (Å²) in [7, 11) is 5.59. The number of alkyl halides is 2. The van der Waals surface area contributed by atoms with Crippen molar-refractivity contribution in [3.8, 4) is 22.7 Å². The number of halogens is 2. The number of aryl methyl sites for hydroxylation is 1. The van der Waals surface area contributed by atoms with Crippen LogP contribution in [0.15, 0.2) is 67.3 Å². The number of pyridine rings is 1. The van der Waals surface area contributed by atoms with Gasteiger partial charge in [-0.25, -0.2) is 9.97 Å². The second-order valence-corrected chi connectivity index (χ2v) is 9.00. The van der Waals surface area contributed by atoms with Gasteiger partial charge < -0.3 is 24.1 Å². The maximum absolute atomic E-state index is 13.4. The first-order chi connectivity index (χ1) is 18.7. The molecule has 0 aliphatic heterocycles. The number of aromatic nitrogens is 5. The van der Waals surface area contributed by atoms with Crippen molar-refractivity contribution in [3.63, 3.8) is 0 Å². The summed E-state index contributed by atoms with van der Waals surface area (Å²) in [5.41, 5.74) is 3.31. The Morgan fingerprint density at radius 2 is 1.97 bits per heavy atom. The van der Waals surface area contributed by atoms with E-state index in [0.717, 1.165) is 28.4 Å². The highest BCUT2D eigenvalue weighted by atomic mass is 19.3. The first-order valence-corrected chi connectivity index (χ1v) is 11.8. The van der Waals surface area contributed by atoms with Crippen molar-refractivity contribution in [2.75, 3.05) is 19.4 Å². The van der Waals surface area contributed by atoms with Crippen molar-refractivity contribution in [2.45, 2.75) is 13.2 Å². The minimum atomic E-state index is -3.17. The van der Waals surface area contributed by atoms with E-state index in [-0.39, 0.29) is 28.8 Å². The number of hydrogen-bond donors (Lipinski definition) is 1. The molecule has 0 aliphatic rings. The number of nitro groups is 1. The van der Waals surface area contributed by atoms with Crippen molar-refractivity contribution in [1.29, 1.82) is 0 Å². The molecular weight excluding hydrogens is 510 g/mol. The fourth-order valence-corrected chi connectivity index (χ4v) is 4.38. The van der Waals surface area contributed by atoms with Crippen LogP contribution in [0.25, 0.3) is 28.0 Å². The van der Waals surface area contributed by atoms with Crippen molar-refractivity contribution in [2.24, 2.45) is 7.05 Å². The number of anilines is 2. The van der Waals surface area contributed by atoms with E-state index in [1.807, 2.05) is 48.9 Å². The normalized spacial score (nSPS) is 11.5. The van der Waals surface area contributed by atoms with Crippen LogP contribution in [0.2, 0.25) is 0 Å². The minimum absolute atomic E-state index is 0.0378. The Kier molecular flexibility index (Phi) is 6.90. The van der Waals surface area contributed by atoms with Crippen LogP contribution >= 0.6 is 0 Å². The lowest BCUT2D eigenvalue weighted by Gasteiger charge is -2.17. The predicted octanol–water partition coefficient (Wildman–Crippen LogP) is 5.14. The molecule has 0 unspecified atom stereocenters. The second-order valence-electron chi connectivity index (χ2n) is 9.00. The Bertz CT molecular complexity index is 1660. The van der Waals surface area contributed by atoms with Gasteiger partial charge in [0.25, 0.3) is 5.69 Å². The molecule has 13 heteroatoms. The van der Waals surface area contributed by atoms with E-state index >= 15 is 0 Å². The Hall–Kier alpha value is -4.91. The molecule has 0 spiro atoms. The van der Waals surface area contributed by atoms with Crippen molar-refractivity contribution in [3.05, 3.63) is 83.1 Å². The number of nitrogens with zero attached hydrogens (tertiary/aromatic N) is 7. The highest BCUT2D eigenvalue weighted by Gasteiger charge is 2.24. The largest absolute Gasteiger partial charge is 0.433 e. The zero-order valence-corrected chi connectivity index (χ0v) is 21.2. The standard InChI is InChI=1S/C26H24F2N8O3/c1-33(2)14-16-6-5-11-35(16)21-13-23(39-25(27)28)19(12-22(21)36(37)38)32-26-30-10-8-18(31-26)17-15-34(3)20-7-4-9-29-24(17)20/h4-13,15,25H,14H2,1-3H3,(H,30,31,32). The zero-order valence-electron chi connectivity index (χ0n) is 21.2. The van der Waals surface area contributed by atoms with Crippen LogP contribution in [0, 0.1) is 10.1 Å². The zero-order chi connectivity index (χ0) is 27.7. The molecule has 1 aromatic carbocycles. The van der Waals surface area contributed by atoms with Crippen molar-refractivity contribution < 1.29 is 18.4 Å². The van der Waals surface area contributed by atoms with E-state index in [1.54, 1.807) is 35.2 Å². The number of benzene rings is 1. The topological polar surface area (TPSA) is 116 Å². The molecule has 11 nitrogen and oxygen atoms in total. The number of rotatable bonds is 9. The number of hydrogen-bond acceptors (Lipinski definition) is 8. The minimum Gasteiger partial charge on any atom is -0.433 e. The molecule has 0 bridgehead atoms. The summed E-state index contributed by atoms with van der Waals surface area (Å²) >= 11 is 0. The Balaban J connectivity index is 1.58. The average Bonchev–Trinajstić information content (AvgIpc) is 3.48. The van der Waals surface area contributed by atoms with Gasteiger partial charge in [-0.15, -0.1) is 0 Å². The average molecular weight is 535 g/mol. The molecule has 5 aromatic rings. The molecule has 0 fully saturated rings. The smallest absolute Gasteiger partial charge is 0.387 e. The SMILES string of the molecule is CN(C)Cc1cccn1-c1cc(OC(F)F)c(Nc2nccc(-c3cn(C)c4cccnc34)n2)cc1[N+](=O)[O-]. The van der Waals surface area contributed by atoms with E-state index in [0.29, 0.717) is 12.2 Å². The number of nitro benzene ring substituents is 1. The molecule has 0 aliphatic carbocycles. The lowest BCUT2D eigenvalue weighted by Crippen LogP contribution is -2.14. The summed E-state index contributed by atoms with van der Waals surface area (Å²) in [5, 5.41) is 14.9. The molecule has 39 heavy (non-hydrogen) atoms. The molecule has 5 rings (SSSR count). The Morgan fingerprint density at radius 3 is 2.72 bits per heavy atom. The van der Waals surface area contributed by atoms with Gasteiger partial charge in [0.2, 0.25) is 5.95 Å². The van der Waals surface area contributed by atoms with Gasteiger partial charge >= 0.3 is 6.61 Å². The molecule has 0 saturated heterocycles. The fraction of sp³-hybridized carbons (Fsp3) is 0.192. The van der Waals surface area contributed by atoms with Crippen molar-refractivity contribution >= 4 is 28.4 Å². The highest BCUT2D eigenvalue weighted by Crippen LogP contribution is 2.38. The highest BCUT2D eigenvalue weighted by molar-refractivity contribution is 5.92. The Labute approximate surface area is 221 Å². The second kappa shape index (κ2) is 10.5. The van der Waals surface area contributed by atoms with Gasteiger partial charge in [-0.1, -0.05) is 0 Å². The number of nitrogens with one attached hydrogen (secondary N) is 1. The van der Waals surface area contributed by atoms with Crippen molar-refractivity contribution in [1.82, 2.24) is 29.0 Å². The summed E-state index contributed by atoms with van der Waals surface area (Å²) in [6.07, 6.45) is 6.67. The number of ether oxygens (including phenoxy) is 1. The molecule has 1 N–H and O–H groups in total. The van der Waals surface area contributed by atoms with Gasteiger partial charge in [-0.3, -0.25) is 15.1 Å². The third kappa shape index (κ3) is 5.25. The molecule has 200 valence electrons. The van der Waals surface area contributed by atoms with Gasteiger partial charge in [-0.2, -0.15) is 8.78 Å². The van der Waals surface area contributed by atoms with Crippen LogP contribution in [0.1, 0.15) is 5.69 Å². The predicted molar refractivity (Wildman–Crippen MR) is 141 cm³/mol. The summed E-state index contributed by atoms with van der Waals surface area (Å²) < 4.78 is 35.1. The van der Waals surface area contributed by atoms with Gasteiger partial charge in [0.15, 0.2) is 5.75 Å². The third-order valence-corrected chi connectivity index (χ3v) is 5.98. The molecule has 0 amide bonds. The van der Waals surface area contributed by atoms with Crippen LogP contribution in [0.3, 0.4) is 0 Å². The molecule has 4 aromatic heterocycles. The first kappa shape index (κ1) is 25.7. The van der Waals surface area contributed by atoms with Gasteiger partial charge in [0.05, 0.1) is 27.3 Å². The summed E-state index contributed by atoms with van der Waals surface area (Å²) in [4.78, 5) is 26.5. The maximum atomic E-state index is 13.4. The number of fused-ring (bicyclic) bond motifs is 1. The quantitative estimate of drug-likeness (QED) is 0.204. The molecule has 0 radical (unpaired) electrons. The lowest BCUT2D eigenvalue weighted by molar-refractivity contribution is -0.384. The van der Waals surface area contributed by atoms with E-state index in [4.69, 9.17) is 4.74 Å². The maximum Gasteiger partial charge on any atom is 0.387 e. The van der Waals surface area contributed by atoms with E-state index in [9.17, 15) is 18.9 Å². The molecule has 4 heterocycles. The van der Waals surface area contributed by atoms with E-state index in [1.165, 1.54) is 12.3 Å². The third-order valence-electron chi connectivity index (χ3n) is 5.98. The summed E-state index contributed by atoms with van der Waals surface area (Å²) in [5.74, 6) is -0.258. The monoisotopic (exact) mass is 534 g/mol. The van der Waals surface area contributed by atoms with Crippen LogP contribution in [0.4, 0.5) is 26.1 Å². The Morgan fingerprint density at radius 1 is 1.15 bits per heavy atom. The van der Waals surface area contributed by atoms with Gasteiger partial charge in [0.1, 0.15) is 5.69 Å². The summed E-state index contributed by atoms with van der Waals surface area (Å²) in [6.45, 7) is -2.70. The van der Waals surface area contributed by atoms with Crippen LogP contribution in [-0.4, -0.2) is 54.6 Å². The van der Waals surface area contributed by atoms with Gasteiger partial charge in [-0.05, 0) is 44.4 Å². The lowest BCUT2D eigenvalue weighted by atomic mass is 10.2. The van der Waals surface area contributed by atoms with Crippen LogP contribution < -0.4 is 10.1 Å². The van der Waals surface area contributed by atoms with Crippen LogP contribution in [-0.2, 0) is 13.6 Å². The molecule has 0 saturated carbocycles. The van der Waals surface area contributed by atoms with E-state index in [2.05, 4.69) is 20.3 Å². The van der Waals surface area contributed by atoms with Crippen LogP contribution in [0.5, 0.6) is 5.75 Å². The first-order valence-electron chi connectivity index (χ1n) is 11.8. The van der Waals surface area contributed by atoms with E-state index < -0.39 is 11.5 Å².